The normalized spacial score (nSPS) is 11.2. The average molecular weight is 292 g/mol. The number of amides is 1. The van der Waals surface area contributed by atoms with Gasteiger partial charge in [0.2, 0.25) is 0 Å². The number of anilines is 1. The van der Waals surface area contributed by atoms with Gasteiger partial charge in [-0.3, -0.25) is 4.79 Å². The number of carbonyl (C=O) groups excluding carboxylic acids is 1. The molecule has 3 N–H and O–H groups in total. The molecule has 0 spiro atoms. The first kappa shape index (κ1) is 16.1. The third-order valence-corrected chi connectivity index (χ3v) is 2.51. The number of aliphatic hydroxyl groups excluding tert-OH is 1. The van der Waals surface area contributed by atoms with Gasteiger partial charge in [0.15, 0.2) is 0 Å². The minimum absolute atomic E-state index is 0.00810. The van der Waals surface area contributed by atoms with Crippen molar-refractivity contribution in [2.45, 2.75) is 6.18 Å². The van der Waals surface area contributed by atoms with E-state index in [1.54, 1.807) is 0 Å². The molecule has 0 radical (unpaired) electrons. The van der Waals surface area contributed by atoms with E-state index in [4.69, 9.17) is 15.6 Å². The zero-order chi connectivity index (χ0) is 15.3. The van der Waals surface area contributed by atoms with E-state index in [1.165, 1.54) is 25.3 Å². The van der Waals surface area contributed by atoms with E-state index in [9.17, 15) is 18.0 Å². The smallest absolute Gasteiger partial charge is 0.406 e. The van der Waals surface area contributed by atoms with Crippen LogP contribution in [0.5, 0.6) is 5.75 Å². The Morgan fingerprint density at radius 2 is 2.10 bits per heavy atom. The van der Waals surface area contributed by atoms with Crippen LogP contribution in [0.4, 0.5) is 18.9 Å². The van der Waals surface area contributed by atoms with E-state index in [-0.39, 0.29) is 17.0 Å². The maximum Gasteiger partial charge on any atom is 0.406 e. The summed E-state index contributed by atoms with van der Waals surface area (Å²) < 4.78 is 42.1. The van der Waals surface area contributed by atoms with Gasteiger partial charge >= 0.3 is 6.18 Å². The van der Waals surface area contributed by atoms with E-state index < -0.39 is 31.8 Å². The summed E-state index contributed by atoms with van der Waals surface area (Å²) in [6, 6.07) is 3.94. The Balaban J connectivity index is 3.00. The molecule has 1 amide bonds. The molecule has 0 fully saturated rings. The van der Waals surface area contributed by atoms with Crippen LogP contribution in [0.25, 0.3) is 0 Å². The van der Waals surface area contributed by atoms with Crippen LogP contribution in [0.15, 0.2) is 18.2 Å². The first-order chi connectivity index (χ1) is 9.28. The molecule has 0 bridgehead atoms. The maximum absolute atomic E-state index is 12.4. The maximum atomic E-state index is 12.4. The van der Waals surface area contributed by atoms with Gasteiger partial charge in [0.25, 0.3) is 5.91 Å². The van der Waals surface area contributed by atoms with E-state index >= 15 is 0 Å². The van der Waals surface area contributed by atoms with E-state index in [0.29, 0.717) is 4.90 Å². The van der Waals surface area contributed by atoms with Crippen molar-refractivity contribution in [1.29, 1.82) is 0 Å². The fraction of sp³-hybridized carbons (Fsp3) is 0.417. The number of nitrogens with two attached hydrogens (primary N) is 1. The molecule has 0 aliphatic carbocycles. The number of halogens is 3. The van der Waals surface area contributed by atoms with Gasteiger partial charge in [0.05, 0.1) is 19.4 Å². The molecular weight excluding hydrogens is 277 g/mol. The fourth-order valence-corrected chi connectivity index (χ4v) is 1.62. The Morgan fingerprint density at radius 3 is 2.60 bits per heavy atom. The quantitative estimate of drug-likeness (QED) is 0.801. The standard InChI is InChI=1S/C12H15F3N2O3/c1-20-10-6-8(2-3-9(10)16)11(19)17(4-5-18)7-12(13,14)15/h2-3,6,18H,4-5,7,16H2,1H3. The summed E-state index contributed by atoms with van der Waals surface area (Å²) in [4.78, 5) is 12.5. The molecule has 5 nitrogen and oxygen atoms in total. The highest BCUT2D eigenvalue weighted by atomic mass is 19.4. The summed E-state index contributed by atoms with van der Waals surface area (Å²) in [5.74, 6) is -0.651. The van der Waals surface area contributed by atoms with Crippen LogP contribution >= 0.6 is 0 Å². The SMILES string of the molecule is COc1cc(C(=O)N(CCO)CC(F)(F)F)ccc1N. The lowest BCUT2D eigenvalue weighted by molar-refractivity contribution is -0.141. The predicted octanol–water partition coefficient (Wildman–Crippen LogP) is 1.27. The number of methoxy groups -OCH3 is 1. The number of hydrogen-bond acceptors (Lipinski definition) is 4. The van der Waals surface area contributed by atoms with Crippen molar-refractivity contribution < 1.29 is 27.8 Å². The van der Waals surface area contributed by atoms with Gasteiger partial charge in [0, 0.05) is 12.1 Å². The van der Waals surface area contributed by atoms with Crippen molar-refractivity contribution >= 4 is 11.6 Å². The van der Waals surface area contributed by atoms with Gasteiger partial charge in [-0.25, -0.2) is 0 Å². The number of carbonyl (C=O) groups is 1. The largest absolute Gasteiger partial charge is 0.495 e. The molecule has 1 aromatic carbocycles. The predicted molar refractivity (Wildman–Crippen MR) is 66.5 cm³/mol. The van der Waals surface area contributed by atoms with Crippen LogP contribution in [-0.2, 0) is 0 Å². The molecule has 0 heterocycles. The Hall–Kier alpha value is -1.96. The van der Waals surface area contributed by atoms with Gasteiger partial charge in [0.1, 0.15) is 12.3 Å². The summed E-state index contributed by atoms with van der Waals surface area (Å²) in [5.41, 5.74) is 5.85. The van der Waals surface area contributed by atoms with Gasteiger partial charge in [-0.1, -0.05) is 0 Å². The fourth-order valence-electron chi connectivity index (χ4n) is 1.62. The van der Waals surface area contributed by atoms with Crippen molar-refractivity contribution in [3.8, 4) is 5.75 Å². The van der Waals surface area contributed by atoms with Crippen molar-refractivity contribution in [1.82, 2.24) is 4.90 Å². The molecule has 0 unspecified atom stereocenters. The number of aliphatic hydroxyl groups is 1. The van der Waals surface area contributed by atoms with E-state index in [1.807, 2.05) is 0 Å². The van der Waals surface area contributed by atoms with Crippen LogP contribution < -0.4 is 10.5 Å². The van der Waals surface area contributed by atoms with Gasteiger partial charge in [-0.05, 0) is 18.2 Å². The average Bonchev–Trinajstić information content (AvgIpc) is 2.36. The molecule has 8 heteroatoms. The third kappa shape index (κ3) is 4.30. The molecule has 0 aliphatic rings. The van der Waals surface area contributed by atoms with Crippen molar-refractivity contribution in [3.63, 3.8) is 0 Å². The summed E-state index contributed by atoms with van der Waals surface area (Å²) in [7, 11) is 1.33. The molecule has 0 saturated heterocycles. The van der Waals surface area contributed by atoms with Crippen LogP contribution in [-0.4, -0.2) is 48.9 Å². The summed E-state index contributed by atoms with van der Waals surface area (Å²) in [5, 5.41) is 8.77. The van der Waals surface area contributed by atoms with Crippen molar-refractivity contribution in [2.75, 3.05) is 32.5 Å². The molecule has 0 aromatic heterocycles. The number of rotatable bonds is 5. The first-order valence-electron chi connectivity index (χ1n) is 5.69. The zero-order valence-corrected chi connectivity index (χ0v) is 10.8. The third-order valence-electron chi connectivity index (χ3n) is 2.51. The Morgan fingerprint density at radius 1 is 1.45 bits per heavy atom. The van der Waals surface area contributed by atoms with Crippen molar-refractivity contribution in [3.05, 3.63) is 23.8 Å². The zero-order valence-electron chi connectivity index (χ0n) is 10.8. The first-order valence-corrected chi connectivity index (χ1v) is 5.69. The number of benzene rings is 1. The molecule has 0 saturated carbocycles. The molecule has 112 valence electrons. The summed E-state index contributed by atoms with van der Waals surface area (Å²) in [6.45, 7) is -2.40. The van der Waals surface area contributed by atoms with Crippen LogP contribution in [0, 0.1) is 0 Å². The number of ether oxygens (including phenoxy) is 1. The van der Waals surface area contributed by atoms with Gasteiger partial charge < -0.3 is 20.5 Å². The van der Waals surface area contributed by atoms with Gasteiger partial charge in [-0.15, -0.1) is 0 Å². The minimum atomic E-state index is -4.54. The second-order valence-corrected chi connectivity index (χ2v) is 4.02. The van der Waals surface area contributed by atoms with E-state index in [0.717, 1.165) is 0 Å². The number of nitrogens with zero attached hydrogens (tertiary/aromatic N) is 1. The number of alkyl halides is 3. The lowest BCUT2D eigenvalue weighted by Gasteiger charge is -2.23. The number of hydrogen-bond donors (Lipinski definition) is 2. The second kappa shape index (κ2) is 6.47. The highest BCUT2D eigenvalue weighted by molar-refractivity contribution is 5.95. The Labute approximate surface area is 113 Å². The molecule has 1 rings (SSSR count). The Kier molecular flexibility index (Phi) is 5.20. The van der Waals surface area contributed by atoms with Gasteiger partial charge in [-0.2, -0.15) is 13.2 Å². The highest BCUT2D eigenvalue weighted by Gasteiger charge is 2.33. The van der Waals surface area contributed by atoms with E-state index in [2.05, 4.69) is 0 Å². The van der Waals surface area contributed by atoms with Crippen LogP contribution in [0.2, 0.25) is 0 Å². The lowest BCUT2D eigenvalue weighted by atomic mass is 10.1. The summed E-state index contributed by atoms with van der Waals surface area (Å²) >= 11 is 0. The molecular formula is C12H15F3N2O3. The summed E-state index contributed by atoms with van der Waals surface area (Å²) in [6.07, 6.45) is -4.54. The lowest BCUT2D eigenvalue weighted by Crippen LogP contribution is -2.40. The Bertz CT molecular complexity index is 478. The van der Waals surface area contributed by atoms with Crippen molar-refractivity contribution in [2.24, 2.45) is 0 Å². The van der Waals surface area contributed by atoms with Crippen LogP contribution in [0.3, 0.4) is 0 Å². The number of nitrogen functional groups attached to an aromatic ring is 1. The molecule has 20 heavy (non-hydrogen) atoms. The van der Waals surface area contributed by atoms with Crippen LogP contribution in [0.1, 0.15) is 10.4 Å². The molecule has 1 aromatic rings. The minimum Gasteiger partial charge on any atom is -0.495 e. The second-order valence-electron chi connectivity index (χ2n) is 4.02. The topological polar surface area (TPSA) is 75.8 Å². The molecule has 0 atom stereocenters. The molecule has 0 aliphatic heterocycles. The highest BCUT2D eigenvalue weighted by Crippen LogP contribution is 2.24. The monoisotopic (exact) mass is 292 g/mol.